The van der Waals surface area contributed by atoms with Gasteiger partial charge in [-0.15, -0.1) is 0 Å². The van der Waals surface area contributed by atoms with E-state index in [0.717, 1.165) is 6.42 Å². The van der Waals surface area contributed by atoms with Gasteiger partial charge in [-0.3, -0.25) is 5.43 Å². The van der Waals surface area contributed by atoms with Gasteiger partial charge in [-0.05, 0) is 25.1 Å². The van der Waals surface area contributed by atoms with Gasteiger partial charge in [0.2, 0.25) is 0 Å². The maximum Gasteiger partial charge on any atom is 0.184 e. The molecule has 0 spiro atoms. The van der Waals surface area contributed by atoms with Crippen molar-refractivity contribution in [1.82, 2.24) is 5.43 Å². The first-order valence-electron chi connectivity index (χ1n) is 5.84. The van der Waals surface area contributed by atoms with Gasteiger partial charge in [0.25, 0.3) is 0 Å². The molecule has 0 radical (unpaired) electrons. The van der Waals surface area contributed by atoms with Crippen LogP contribution < -0.4 is 11.2 Å². The molecule has 0 fully saturated rings. The van der Waals surface area contributed by atoms with Crippen LogP contribution in [0.25, 0.3) is 0 Å². The second-order valence-corrected chi connectivity index (χ2v) is 4.14. The molecule has 4 heteroatoms. The van der Waals surface area contributed by atoms with Crippen molar-refractivity contribution in [2.45, 2.75) is 58.3 Å². The van der Waals surface area contributed by atoms with E-state index in [1.807, 2.05) is 6.21 Å². The molecule has 0 aliphatic heterocycles. The van der Waals surface area contributed by atoms with Gasteiger partial charge in [0.15, 0.2) is 5.11 Å². The number of nitrogens with one attached hydrogen (secondary N) is 1. The number of nitrogens with zero attached hydrogens (tertiary/aromatic N) is 1. The van der Waals surface area contributed by atoms with Crippen LogP contribution in [0, 0.1) is 0 Å². The molecule has 0 saturated carbocycles. The van der Waals surface area contributed by atoms with Gasteiger partial charge in [0.1, 0.15) is 0 Å². The summed E-state index contributed by atoms with van der Waals surface area (Å²) in [6.07, 6.45) is 12.1. The quantitative estimate of drug-likeness (QED) is 0.277. The molecule has 0 rings (SSSR count). The SMILES string of the molecule is CCCCCCCCC/C=N/NC(N)=S. The van der Waals surface area contributed by atoms with Crippen LogP contribution >= 0.6 is 12.2 Å². The number of rotatable bonds is 9. The molecular formula is C11H23N3S. The number of hydrogen-bond acceptors (Lipinski definition) is 2. The molecule has 0 atom stereocenters. The molecule has 0 unspecified atom stereocenters. The number of nitrogens with two attached hydrogens (primary N) is 1. The summed E-state index contributed by atoms with van der Waals surface area (Å²) < 4.78 is 0. The average molecular weight is 229 g/mol. The molecule has 0 heterocycles. The summed E-state index contributed by atoms with van der Waals surface area (Å²) in [7, 11) is 0. The zero-order chi connectivity index (χ0) is 11.4. The topological polar surface area (TPSA) is 50.4 Å². The van der Waals surface area contributed by atoms with Crippen LogP contribution in [0.3, 0.4) is 0 Å². The fourth-order valence-corrected chi connectivity index (χ4v) is 1.42. The highest BCUT2D eigenvalue weighted by Crippen LogP contribution is 2.07. The molecule has 0 aromatic carbocycles. The minimum absolute atomic E-state index is 0.228. The fourth-order valence-electron chi connectivity index (χ4n) is 1.37. The van der Waals surface area contributed by atoms with Gasteiger partial charge in [-0.25, -0.2) is 0 Å². The van der Waals surface area contributed by atoms with Gasteiger partial charge in [-0.1, -0.05) is 45.4 Å². The van der Waals surface area contributed by atoms with Crippen LogP contribution in [-0.2, 0) is 0 Å². The van der Waals surface area contributed by atoms with Crippen molar-refractivity contribution in [1.29, 1.82) is 0 Å². The minimum Gasteiger partial charge on any atom is -0.375 e. The zero-order valence-electron chi connectivity index (χ0n) is 9.67. The van der Waals surface area contributed by atoms with Crippen molar-refractivity contribution in [2.24, 2.45) is 10.8 Å². The van der Waals surface area contributed by atoms with Crippen molar-refractivity contribution in [2.75, 3.05) is 0 Å². The van der Waals surface area contributed by atoms with E-state index in [4.69, 9.17) is 5.73 Å². The first kappa shape index (κ1) is 14.4. The summed E-state index contributed by atoms with van der Waals surface area (Å²) >= 11 is 4.61. The maximum atomic E-state index is 5.21. The second kappa shape index (κ2) is 11.4. The van der Waals surface area contributed by atoms with E-state index in [-0.39, 0.29) is 5.11 Å². The van der Waals surface area contributed by atoms with E-state index in [1.165, 1.54) is 44.9 Å². The summed E-state index contributed by atoms with van der Waals surface area (Å²) in [4.78, 5) is 0. The molecule has 0 bridgehead atoms. The molecule has 0 aromatic rings. The summed E-state index contributed by atoms with van der Waals surface area (Å²) in [6, 6.07) is 0. The van der Waals surface area contributed by atoms with Crippen LogP contribution in [0.2, 0.25) is 0 Å². The fraction of sp³-hybridized carbons (Fsp3) is 0.818. The number of hydrogen-bond donors (Lipinski definition) is 2. The molecule has 3 N–H and O–H groups in total. The Bertz CT molecular complexity index is 181. The summed E-state index contributed by atoms with van der Waals surface area (Å²) in [5.74, 6) is 0. The lowest BCUT2D eigenvalue weighted by molar-refractivity contribution is 0.596. The Morgan fingerprint density at radius 2 is 1.80 bits per heavy atom. The van der Waals surface area contributed by atoms with E-state index in [2.05, 4.69) is 29.7 Å². The van der Waals surface area contributed by atoms with E-state index < -0.39 is 0 Å². The molecule has 3 nitrogen and oxygen atoms in total. The molecule has 0 aromatic heterocycles. The lowest BCUT2D eigenvalue weighted by Crippen LogP contribution is -2.23. The predicted octanol–water partition coefficient (Wildman–Crippen LogP) is 2.95. The number of unbranched alkanes of at least 4 members (excludes halogenated alkanes) is 7. The third-order valence-corrected chi connectivity index (χ3v) is 2.29. The van der Waals surface area contributed by atoms with E-state index in [9.17, 15) is 0 Å². The van der Waals surface area contributed by atoms with E-state index in [0.29, 0.717) is 0 Å². The third-order valence-electron chi connectivity index (χ3n) is 2.20. The highest BCUT2D eigenvalue weighted by atomic mass is 32.1. The molecule has 15 heavy (non-hydrogen) atoms. The molecular weight excluding hydrogens is 206 g/mol. The normalized spacial score (nSPS) is 10.7. The predicted molar refractivity (Wildman–Crippen MR) is 71.0 cm³/mol. The van der Waals surface area contributed by atoms with Crippen molar-refractivity contribution in [3.63, 3.8) is 0 Å². The average Bonchev–Trinajstić information content (AvgIpc) is 2.20. The molecule has 0 saturated heterocycles. The zero-order valence-corrected chi connectivity index (χ0v) is 10.5. The first-order chi connectivity index (χ1) is 7.27. The Morgan fingerprint density at radius 1 is 1.20 bits per heavy atom. The number of thiocarbonyl (C=S) groups is 1. The molecule has 88 valence electrons. The Balaban J connectivity index is 3.04. The highest BCUT2D eigenvalue weighted by molar-refractivity contribution is 7.80. The van der Waals surface area contributed by atoms with Crippen molar-refractivity contribution < 1.29 is 0 Å². The van der Waals surface area contributed by atoms with Crippen LogP contribution in [0.15, 0.2) is 5.10 Å². The Hall–Kier alpha value is -0.640. The van der Waals surface area contributed by atoms with Crippen molar-refractivity contribution >= 4 is 23.5 Å². The first-order valence-corrected chi connectivity index (χ1v) is 6.25. The van der Waals surface area contributed by atoms with Gasteiger partial charge >= 0.3 is 0 Å². The molecule has 0 aliphatic carbocycles. The third kappa shape index (κ3) is 13.4. The van der Waals surface area contributed by atoms with Crippen LogP contribution in [-0.4, -0.2) is 11.3 Å². The molecule has 0 amide bonds. The van der Waals surface area contributed by atoms with Crippen LogP contribution in [0.5, 0.6) is 0 Å². The van der Waals surface area contributed by atoms with Crippen LogP contribution in [0.4, 0.5) is 0 Å². The largest absolute Gasteiger partial charge is 0.375 e. The Morgan fingerprint density at radius 3 is 2.40 bits per heavy atom. The second-order valence-electron chi connectivity index (χ2n) is 3.70. The van der Waals surface area contributed by atoms with Gasteiger partial charge in [-0.2, -0.15) is 5.10 Å². The summed E-state index contributed by atoms with van der Waals surface area (Å²) in [6.45, 7) is 2.24. The maximum absolute atomic E-state index is 5.21. The van der Waals surface area contributed by atoms with Gasteiger partial charge in [0, 0.05) is 6.21 Å². The van der Waals surface area contributed by atoms with E-state index in [1.54, 1.807) is 0 Å². The summed E-state index contributed by atoms with van der Waals surface area (Å²) in [5, 5.41) is 4.10. The van der Waals surface area contributed by atoms with Gasteiger partial charge in [0.05, 0.1) is 0 Å². The lowest BCUT2D eigenvalue weighted by atomic mass is 10.1. The van der Waals surface area contributed by atoms with Gasteiger partial charge < -0.3 is 5.73 Å². The smallest absolute Gasteiger partial charge is 0.184 e. The van der Waals surface area contributed by atoms with E-state index >= 15 is 0 Å². The standard InChI is InChI=1S/C11H23N3S/c1-2-3-4-5-6-7-8-9-10-13-14-11(12)15/h10H,2-9H2,1H3,(H3,12,14,15)/b13-10+. The number of hydrazone groups is 1. The highest BCUT2D eigenvalue weighted by Gasteiger charge is 1.89. The lowest BCUT2D eigenvalue weighted by Gasteiger charge is -1.98. The Labute approximate surface area is 98.5 Å². The summed E-state index contributed by atoms with van der Waals surface area (Å²) in [5.41, 5.74) is 7.75. The Kier molecular flexibility index (Phi) is 10.9. The molecule has 0 aliphatic rings. The van der Waals surface area contributed by atoms with Crippen molar-refractivity contribution in [3.05, 3.63) is 0 Å². The van der Waals surface area contributed by atoms with Crippen LogP contribution in [0.1, 0.15) is 58.3 Å². The monoisotopic (exact) mass is 229 g/mol. The van der Waals surface area contributed by atoms with Crippen molar-refractivity contribution in [3.8, 4) is 0 Å². The minimum atomic E-state index is 0.228.